The topological polar surface area (TPSA) is 9.23 Å². The average Bonchev–Trinajstić information content (AvgIpc) is 2.59. The molecule has 1 unspecified atom stereocenters. The van der Waals surface area contributed by atoms with Crippen molar-refractivity contribution in [3.63, 3.8) is 0 Å². The minimum atomic E-state index is 0.318. The molecule has 0 spiro atoms. The fourth-order valence-electron chi connectivity index (χ4n) is 3.63. The van der Waals surface area contributed by atoms with Gasteiger partial charge in [0.1, 0.15) is 5.75 Å². The molecular weight excluding hydrogens is 304 g/mol. The highest BCUT2D eigenvalue weighted by Crippen LogP contribution is 2.35. The van der Waals surface area contributed by atoms with Crippen LogP contribution in [0.3, 0.4) is 0 Å². The van der Waals surface area contributed by atoms with Crippen LogP contribution in [0, 0.1) is 11.3 Å². The van der Waals surface area contributed by atoms with Crippen LogP contribution in [-0.2, 0) is 0 Å². The molecule has 1 heteroatoms. The molecule has 1 nitrogen and oxygen atoms in total. The van der Waals surface area contributed by atoms with Crippen molar-refractivity contribution in [2.24, 2.45) is 11.3 Å². The maximum Gasteiger partial charge on any atom is 0.119 e. The van der Waals surface area contributed by atoms with E-state index in [0.717, 1.165) is 18.8 Å². The van der Waals surface area contributed by atoms with Crippen molar-refractivity contribution in [3.05, 3.63) is 53.6 Å². The molecule has 2 aromatic carbocycles. The number of ether oxygens (including phenoxy) is 1. The van der Waals surface area contributed by atoms with E-state index in [1.807, 2.05) is 0 Å². The molecule has 0 N–H and O–H groups in total. The Morgan fingerprint density at radius 3 is 2.40 bits per heavy atom. The highest BCUT2D eigenvalue weighted by molar-refractivity contribution is 5.84. The lowest BCUT2D eigenvalue weighted by atomic mass is 9.77. The summed E-state index contributed by atoms with van der Waals surface area (Å²) in [5.41, 5.74) is 3.32. The van der Waals surface area contributed by atoms with Gasteiger partial charge >= 0.3 is 0 Å². The molecule has 0 fully saturated rings. The lowest BCUT2D eigenvalue weighted by Gasteiger charge is -2.29. The SMILES string of the molecule is CC(C)c1ccc2cc(OCC3CC=C(C(C)(C)C)CC3)ccc2c1. The molecule has 0 aromatic heterocycles. The number of rotatable bonds is 4. The Bertz CT molecular complexity index is 761. The minimum absolute atomic E-state index is 0.318. The van der Waals surface area contributed by atoms with Crippen LogP contribution in [0.1, 0.15) is 65.4 Å². The Morgan fingerprint density at radius 2 is 1.76 bits per heavy atom. The summed E-state index contributed by atoms with van der Waals surface area (Å²) in [6.07, 6.45) is 6.06. The number of hydrogen-bond acceptors (Lipinski definition) is 1. The van der Waals surface area contributed by atoms with Crippen LogP contribution in [-0.4, -0.2) is 6.61 Å². The summed E-state index contributed by atoms with van der Waals surface area (Å²) < 4.78 is 6.12. The van der Waals surface area contributed by atoms with Crippen LogP contribution in [0.4, 0.5) is 0 Å². The molecule has 1 aliphatic carbocycles. The third kappa shape index (κ3) is 4.45. The van der Waals surface area contributed by atoms with E-state index in [1.54, 1.807) is 5.57 Å². The molecule has 0 amide bonds. The van der Waals surface area contributed by atoms with Crippen molar-refractivity contribution in [1.82, 2.24) is 0 Å². The second kappa shape index (κ2) is 7.23. The summed E-state index contributed by atoms with van der Waals surface area (Å²) in [4.78, 5) is 0. The predicted octanol–water partition coefficient (Wildman–Crippen LogP) is 7.11. The molecule has 0 bridgehead atoms. The van der Waals surface area contributed by atoms with E-state index in [2.05, 4.69) is 77.1 Å². The van der Waals surface area contributed by atoms with E-state index < -0.39 is 0 Å². The van der Waals surface area contributed by atoms with Gasteiger partial charge in [-0.15, -0.1) is 0 Å². The molecule has 1 atom stereocenters. The molecule has 0 saturated carbocycles. The van der Waals surface area contributed by atoms with Crippen molar-refractivity contribution >= 4 is 10.8 Å². The number of fused-ring (bicyclic) bond motifs is 1. The smallest absolute Gasteiger partial charge is 0.119 e. The van der Waals surface area contributed by atoms with Gasteiger partial charge < -0.3 is 4.74 Å². The summed E-state index contributed by atoms with van der Waals surface area (Å²) >= 11 is 0. The monoisotopic (exact) mass is 336 g/mol. The molecule has 25 heavy (non-hydrogen) atoms. The van der Waals surface area contributed by atoms with Gasteiger partial charge in [-0.25, -0.2) is 0 Å². The second-order valence-corrected chi connectivity index (χ2v) is 8.85. The average molecular weight is 337 g/mol. The normalized spacial score (nSPS) is 18.5. The van der Waals surface area contributed by atoms with Gasteiger partial charge in [-0.1, -0.05) is 70.5 Å². The quantitative estimate of drug-likeness (QED) is 0.540. The van der Waals surface area contributed by atoms with Crippen LogP contribution in [0.5, 0.6) is 5.75 Å². The first-order chi connectivity index (χ1) is 11.8. The van der Waals surface area contributed by atoms with E-state index in [9.17, 15) is 0 Å². The predicted molar refractivity (Wildman–Crippen MR) is 108 cm³/mol. The highest BCUT2D eigenvalue weighted by Gasteiger charge is 2.22. The summed E-state index contributed by atoms with van der Waals surface area (Å²) in [5.74, 6) is 2.21. The molecule has 0 heterocycles. The molecular formula is C24H32O. The van der Waals surface area contributed by atoms with Crippen LogP contribution in [0.25, 0.3) is 10.8 Å². The second-order valence-electron chi connectivity index (χ2n) is 8.85. The van der Waals surface area contributed by atoms with Crippen molar-refractivity contribution in [1.29, 1.82) is 0 Å². The summed E-state index contributed by atoms with van der Waals surface area (Å²) in [5, 5.41) is 2.56. The fraction of sp³-hybridized carbons (Fsp3) is 0.500. The maximum absolute atomic E-state index is 6.12. The van der Waals surface area contributed by atoms with Crippen LogP contribution < -0.4 is 4.74 Å². The molecule has 134 valence electrons. The van der Waals surface area contributed by atoms with E-state index in [1.165, 1.54) is 29.2 Å². The van der Waals surface area contributed by atoms with Crippen LogP contribution >= 0.6 is 0 Å². The lowest BCUT2D eigenvalue weighted by molar-refractivity contribution is 0.233. The van der Waals surface area contributed by atoms with Gasteiger partial charge in [-0.3, -0.25) is 0 Å². The Labute approximate surface area is 153 Å². The van der Waals surface area contributed by atoms with Crippen molar-refractivity contribution in [2.45, 2.75) is 59.8 Å². The van der Waals surface area contributed by atoms with Gasteiger partial charge in [0, 0.05) is 0 Å². The highest BCUT2D eigenvalue weighted by atomic mass is 16.5. The Balaban J connectivity index is 1.62. The Hall–Kier alpha value is -1.76. The van der Waals surface area contributed by atoms with Gasteiger partial charge in [0.2, 0.25) is 0 Å². The van der Waals surface area contributed by atoms with Crippen LogP contribution in [0.15, 0.2) is 48.0 Å². The van der Waals surface area contributed by atoms with Crippen molar-refractivity contribution in [2.75, 3.05) is 6.61 Å². The number of hydrogen-bond donors (Lipinski definition) is 0. The third-order valence-electron chi connectivity index (χ3n) is 5.47. The van der Waals surface area contributed by atoms with Crippen LogP contribution in [0.2, 0.25) is 0 Å². The summed E-state index contributed by atoms with van der Waals surface area (Å²) in [6, 6.07) is 13.2. The van der Waals surface area contributed by atoms with E-state index in [0.29, 0.717) is 17.3 Å². The lowest BCUT2D eigenvalue weighted by Crippen LogP contribution is -2.19. The largest absolute Gasteiger partial charge is 0.493 e. The van der Waals surface area contributed by atoms with Crippen molar-refractivity contribution in [3.8, 4) is 5.75 Å². The van der Waals surface area contributed by atoms with Gasteiger partial charge in [0.15, 0.2) is 0 Å². The van der Waals surface area contributed by atoms with Gasteiger partial charge in [-0.05, 0) is 65.0 Å². The third-order valence-corrected chi connectivity index (χ3v) is 5.47. The molecule has 2 aromatic rings. The Morgan fingerprint density at radius 1 is 1.04 bits per heavy atom. The first-order valence-corrected chi connectivity index (χ1v) is 9.69. The zero-order valence-corrected chi connectivity index (χ0v) is 16.4. The zero-order valence-electron chi connectivity index (χ0n) is 16.4. The Kier molecular flexibility index (Phi) is 5.22. The van der Waals surface area contributed by atoms with E-state index in [-0.39, 0.29) is 0 Å². The molecule has 0 saturated heterocycles. The maximum atomic E-state index is 6.12. The van der Waals surface area contributed by atoms with E-state index >= 15 is 0 Å². The molecule has 0 aliphatic heterocycles. The minimum Gasteiger partial charge on any atom is -0.493 e. The number of allylic oxidation sites excluding steroid dienone is 2. The summed E-state index contributed by atoms with van der Waals surface area (Å²) in [7, 11) is 0. The summed E-state index contributed by atoms with van der Waals surface area (Å²) in [6.45, 7) is 12.2. The van der Waals surface area contributed by atoms with Gasteiger partial charge in [0.25, 0.3) is 0 Å². The number of benzene rings is 2. The first-order valence-electron chi connectivity index (χ1n) is 9.69. The zero-order chi connectivity index (χ0) is 18.0. The van der Waals surface area contributed by atoms with Gasteiger partial charge in [0.05, 0.1) is 6.61 Å². The van der Waals surface area contributed by atoms with Gasteiger partial charge in [-0.2, -0.15) is 0 Å². The van der Waals surface area contributed by atoms with Crippen molar-refractivity contribution < 1.29 is 4.74 Å². The molecule has 1 aliphatic rings. The van der Waals surface area contributed by atoms with E-state index in [4.69, 9.17) is 4.74 Å². The molecule has 0 radical (unpaired) electrons. The molecule has 3 rings (SSSR count). The standard InChI is InChI=1S/C24H32O/c1-17(2)19-8-9-21-15-23(13-10-20(21)14-19)25-16-18-6-11-22(12-7-18)24(3,4)5/h8-11,13-15,17-18H,6-7,12,16H2,1-5H3. The fourth-order valence-corrected chi connectivity index (χ4v) is 3.63. The first kappa shape index (κ1) is 18.0.